The molecule has 0 spiro atoms. The molecule has 0 unspecified atom stereocenters. The van der Waals surface area contributed by atoms with E-state index in [9.17, 15) is 23.5 Å². The van der Waals surface area contributed by atoms with Crippen molar-refractivity contribution in [1.29, 1.82) is 0 Å². The van der Waals surface area contributed by atoms with Gasteiger partial charge in [0.15, 0.2) is 12.4 Å². The molecular weight excluding hydrogens is 254 g/mol. The maximum atomic E-state index is 13.7. The van der Waals surface area contributed by atoms with Gasteiger partial charge in [-0.25, -0.2) is 9.18 Å². The number of H-pyrrole nitrogens is 1. The Bertz CT molecular complexity index is 557. The highest BCUT2D eigenvalue weighted by Gasteiger charge is 2.45. The number of hydrogen-bond acceptors (Lipinski definition) is 5. The van der Waals surface area contributed by atoms with Gasteiger partial charge in [0.2, 0.25) is 5.82 Å². The summed E-state index contributed by atoms with van der Waals surface area (Å²) in [6.45, 7) is -0.654. The molecule has 0 aromatic carbocycles. The van der Waals surface area contributed by atoms with Crippen molar-refractivity contribution in [3.8, 4) is 0 Å². The fourth-order valence-electron chi connectivity index (χ4n) is 1.73. The number of aromatic amines is 1. The van der Waals surface area contributed by atoms with Crippen LogP contribution in [0.25, 0.3) is 0 Å². The molecule has 1 fully saturated rings. The number of halogens is 2. The number of nitrogens with zero attached hydrogens (tertiary/aromatic N) is 1. The number of ether oxygens (including phenoxy) is 1. The van der Waals surface area contributed by atoms with Crippen molar-refractivity contribution < 1.29 is 23.7 Å². The summed E-state index contributed by atoms with van der Waals surface area (Å²) >= 11 is 0. The number of aromatic nitrogens is 2. The minimum atomic E-state index is -2.02. The molecule has 2 heterocycles. The van der Waals surface area contributed by atoms with Crippen LogP contribution in [-0.2, 0) is 4.74 Å². The van der Waals surface area contributed by atoms with Gasteiger partial charge in [0.05, 0.1) is 12.8 Å². The molecule has 7 nitrogen and oxygen atoms in total. The quantitative estimate of drug-likeness (QED) is 0.588. The van der Waals surface area contributed by atoms with Gasteiger partial charge in [0, 0.05) is 0 Å². The van der Waals surface area contributed by atoms with Crippen LogP contribution in [0.15, 0.2) is 15.8 Å². The Morgan fingerprint density at radius 3 is 2.72 bits per heavy atom. The minimum Gasteiger partial charge on any atom is -0.394 e. The van der Waals surface area contributed by atoms with Gasteiger partial charge in [-0.3, -0.25) is 14.3 Å². The number of aliphatic hydroxyl groups excluding tert-OH is 2. The maximum absolute atomic E-state index is 13.7. The maximum Gasteiger partial charge on any atom is 0.330 e. The van der Waals surface area contributed by atoms with Gasteiger partial charge in [-0.05, 0) is 0 Å². The van der Waals surface area contributed by atoms with Crippen LogP contribution in [0, 0.1) is 5.82 Å². The van der Waals surface area contributed by atoms with Crippen molar-refractivity contribution >= 4 is 0 Å². The largest absolute Gasteiger partial charge is 0.394 e. The van der Waals surface area contributed by atoms with Gasteiger partial charge >= 0.3 is 5.69 Å². The number of nitrogens with one attached hydrogen (secondary N) is 1. The van der Waals surface area contributed by atoms with Crippen molar-refractivity contribution in [2.75, 3.05) is 6.61 Å². The minimum absolute atomic E-state index is 0.486. The van der Waals surface area contributed by atoms with E-state index in [-0.39, 0.29) is 0 Å². The van der Waals surface area contributed by atoms with E-state index in [0.29, 0.717) is 10.8 Å². The highest BCUT2D eigenvalue weighted by Crippen LogP contribution is 2.30. The van der Waals surface area contributed by atoms with Crippen LogP contribution in [0.5, 0.6) is 0 Å². The number of hydrogen-bond donors (Lipinski definition) is 3. The monoisotopic (exact) mass is 264 g/mol. The Hall–Kier alpha value is -1.58. The smallest absolute Gasteiger partial charge is 0.330 e. The molecule has 0 aliphatic carbocycles. The molecular formula is C9H10F2N2O5. The van der Waals surface area contributed by atoms with Crippen molar-refractivity contribution in [1.82, 2.24) is 9.55 Å². The Labute approximate surface area is 98.3 Å². The zero-order valence-electron chi connectivity index (χ0n) is 8.92. The molecule has 1 aromatic heterocycles. The second-order valence-electron chi connectivity index (χ2n) is 3.83. The summed E-state index contributed by atoms with van der Waals surface area (Å²) in [6, 6.07) is 0. The van der Waals surface area contributed by atoms with Crippen LogP contribution < -0.4 is 11.2 Å². The van der Waals surface area contributed by atoms with E-state index < -0.39 is 48.3 Å². The van der Waals surface area contributed by atoms with Crippen LogP contribution in [0.2, 0.25) is 0 Å². The first-order valence-electron chi connectivity index (χ1n) is 5.05. The predicted molar refractivity (Wildman–Crippen MR) is 53.2 cm³/mol. The molecule has 18 heavy (non-hydrogen) atoms. The van der Waals surface area contributed by atoms with E-state index in [1.54, 1.807) is 4.98 Å². The lowest BCUT2D eigenvalue weighted by atomic mass is 10.1. The van der Waals surface area contributed by atoms with Crippen LogP contribution >= 0.6 is 0 Å². The van der Waals surface area contributed by atoms with Crippen LogP contribution in [-0.4, -0.2) is 44.8 Å². The third-order valence-corrected chi connectivity index (χ3v) is 2.67. The summed E-state index contributed by atoms with van der Waals surface area (Å²) in [5, 5.41) is 18.2. The Balaban J connectivity index is 2.42. The summed E-state index contributed by atoms with van der Waals surface area (Å²) in [4.78, 5) is 23.8. The first kappa shape index (κ1) is 12.9. The fourth-order valence-corrected chi connectivity index (χ4v) is 1.73. The van der Waals surface area contributed by atoms with Gasteiger partial charge in [0.25, 0.3) is 5.56 Å². The average molecular weight is 264 g/mol. The van der Waals surface area contributed by atoms with E-state index in [1.165, 1.54) is 0 Å². The Morgan fingerprint density at radius 1 is 1.50 bits per heavy atom. The van der Waals surface area contributed by atoms with Gasteiger partial charge < -0.3 is 14.9 Å². The lowest BCUT2D eigenvalue weighted by Crippen LogP contribution is -2.37. The number of rotatable bonds is 2. The fraction of sp³-hybridized carbons (Fsp3) is 0.556. The molecule has 0 amide bonds. The van der Waals surface area contributed by atoms with E-state index in [0.717, 1.165) is 0 Å². The van der Waals surface area contributed by atoms with Gasteiger partial charge in [-0.2, -0.15) is 4.39 Å². The third-order valence-electron chi connectivity index (χ3n) is 2.67. The second-order valence-corrected chi connectivity index (χ2v) is 3.83. The van der Waals surface area contributed by atoms with Crippen LogP contribution in [0.1, 0.15) is 6.23 Å². The zero-order valence-corrected chi connectivity index (χ0v) is 8.92. The lowest BCUT2D eigenvalue weighted by Gasteiger charge is -2.15. The van der Waals surface area contributed by atoms with Crippen molar-refractivity contribution in [3.05, 3.63) is 32.9 Å². The first-order valence-corrected chi connectivity index (χ1v) is 5.05. The highest BCUT2D eigenvalue weighted by molar-refractivity contribution is 4.94. The summed E-state index contributed by atoms with van der Waals surface area (Å²) in [5.74, 6) is -1.28. The molecule has 2 rings (SSSR count). The SMILES string of the molecule is O=c1[nH]c(=O)n([C@H]2O[C@@H](CO)[C@H](O)[C@H]2F)cc1F. The zero-order chi connectivity index (χ0) is 13.4. The molecule has 4 atom stereocenters. The molecule has 3 N–H and O–H groups in total. The van der Waals surface area contributed by atoms with E-state index in [1.807, 2.05) is 0 Å². The lowest BCUT2D eigenvalue weighted by molar-refractivity contribution is -0.0495. The van der Waals surface area contributed by atoms with E-state index in [4.69, 9.17) is 9.84 Å². The van der Waals surface area contributed by atoms with E-state index >= 15 is 0 Å². The van der Waals surface area contributed by atoms with Gasteiger partial charge in [-0.15, -0.1) is 0 Å². The number of alkyl halides is 1. The molecule has 9 heteroatoms. The molecule has 0 radical (unpaired) electrons. The van der Waals surface area contributed by atoms with Gasteiger partial charge in [0.1, 0.15) is 12.2 Å². The summed E-state index contributed by atoms with van der Waals surface area (Å²) < 4.78 is 32.1. The normalized spacial score (nSPS) is 31.8. The van der Waals surface area contributed by atoms with Crippen molar-refractivity contribution in [3.63, 3.8) is 0 Å². The summed E-state index contributed by atoms with van der Waals surface area (Å²) in [6.07, 6.45) is -5.99. The second kappa shape index (κ2) is 4.59. The molecule has 1 aliphatic rings. The molecule has 1 saturated heterocycles. The van der Waals surface area contributed by atoms with Crippen molar-refractivity contribution in [2.45, 2.75) is 24.6 Å². The molecule has 100 valence electrons. The first-order chi connectivity index (χ1) is 8.45. The van der Waals surface area contributed by atoms with Crippen LogP contribution in [0.4, 0.5) is 8.78 Å². The highest BCUT2D eigenvalue weighted by atomic mass is 19.1. The predicted octanol–water partition coefficient (Wildman–Crippen LogP) is -1.74. The Morgan fingerprint density at radius 2 is 2.17 bits per heavy atom. The van der Waals surface area contributed by atoms with E-state index in [2.05, 4.69) is 0 Å². The molecule has 1 aromatic rings. The third kappa shape index (κ3) is 1.96. The van der Waals surface area contributed by atoms with Gasteiger partial charge in [-0.1, -0.05) is 0 Å². The summed E-state index contributed by atoms with van der Waals surface area (Å²) in [5.41, 5.74) is -2.30. The Kier molecular flexibility index (Phi) is 3.28. The molecule has 0 saturated carbocycles. The topological polar surface area (TPSA) is 105 Å². The average Bonchev–Trinajstić information content (AvgIpc) is 2.61. The van der Waals surface area contributed by atoms with Crippen LogP contribution in [0.3, 0.4) is 0 Å². The number of aliphatic hydroxyl groups is 2. The standard InChI is InChI=1S/C9H10F2N2O5/c10-3-1-13(9(17)12-7(3)16)8-5(11)6(15)4(2-14)18-8/h1,4-6,8,14-15H,2H2,(H,12,16,17)/t4-,5+,6-,8-/m0/s1. The van der Waals surface area contributed by atoms with Crippen molar-refractivity contribution in [2.24, 2.45) is 0 Å². The summed E-state index contributed by atoms with van der Waals surface area (Å²) in [7, 11) is 0. The molecule has 1 aliphatic heterocycles. The molecule has 0 bridgehead atoms.